The van der Waals surface area contributed by atoms with E-state index in [1.54, 1.807) is 14.2 Å². The van der Waals surface area contributed by atoms with E-state index in [9.17, 15) is 0 Å². The van der Waals surface area contributed by atoms with E-state index >= 15 is 0 Å². The van der Waals surface area contributed by atoms with Gasteiger partial charge in [-0.3, -0.25) is 0 Å². The average molecular weight is 499 g/mol. The van der Waals surface area contributed by atoms with Gasteiger partial charge < -0.3 is 9.47 Å². The second-order valence-electron chi connectivity index (χ2n) is 7.79. The molecule has 0 N–H and O–H groups in total. The van der Waals surface area contributed by atoms with Crippen molar-refractivity contribution in [3.63, 3.8) is 0 Å². The van der Waals surface area contributed by atoms with Gasteiger partial charge in [0.25, 0.3) is 0 Å². The van der Waals surface area contributed by atoms with Gasteiger partial charge in [0, 0.05) is 9.86 Å². The molecule has 0 aliphatic carbocycles. The fraction of sp³-hybridized carbons (Fsp3) is 0.107. The summed E-state index contributed by atoms with van der Waals surface area (Å²) in [5, 5.41) is 6.02. The molecular formula is C28H23BrN2O2. The maximum atomic E-state index is 5.45. The Labute approximate surface area is 201 Å². The number of fused-ring (bicyclic) bond motifs is 1. The molecule has 0 spiro atoms. The summed E-state index contributed by atoms with van der Waals surface area (Å²) in [7, 11) is 3.36. The van der Waals surface area contributed by atoms with Crippen molar-refractivity contribution in [2.75, 3.05) is 14.2 Å². The minimum atomic E-state index is -0.713. The van der Waals surface area contributed by atoms with Crippen molar-refractivity contribution in [1.29, 1.82) is 0 Å². The standard InChI is InChI=1S/C28H23BrN2O2/c1-32-25-13-8-22(9-14-25)28(21-6-4-3-5-7-21,23-10-15-26(33-2)16-11-23)31-27-17-12-24(29)18-20(27)19-30-31/h3-19H,1-2H3. The maximum Gasteiger partial charge on any atom is 0.138 e. The zero-order chi connectivity index (χ0) is 22.8. The Morgan fingerprint density at radius 3 is 1.79 bits per heavy atom. The topological polar surface area (TPSA) is 36.3 Å². The Morgan fingerprint density at radius 1 is 0.697 bits per heavy atom. The predicted molar refractivity (Wildman–Crippen MR) is 135 cm³/mol. The van der Waals surface area contributed by atoms with Gasteiger partial charge in [0.05, 0.1) is 25.9 Å². The van der Waals surface area contributed by atoms with Crippen molar-refractivity contribution in [2.45, 2.75) is 5.54 Å². The molecule has 5 rings (SSSR count). The molecule has 0 amide bonds. The van der Waals surface area contributed by atoms with Gasteiger partial charge in [0.2, 0.25) is 0 Å². The van der Waals surface area contributed by atoms with Crippen molar-refractivity contribution < 1.29 is 9.47 Å². The van der Waals surface area contributed by atoms with Crippen molar-refractivity contribution in [3.05, 3.63) is 124 Å². The summed E-state index contributed by atoms with van der Waals surface area (Å²) in [4.78, 5) is 0. The lowest BCUT2D eigenvalue weighted by Crippen LogP contribution is -2.38. The Bertz CT molecular complexity index is 1330. The van der Waals surface area contributed by atoms with Gasteiger partial charge in [0.1, 0.15) is 17.0 Å². The fourth-order valence-corrected chi connectivity index (χ4v) is 4.86. The maximum absolute atomic E-state index is 5.45. The Morgan fingerprint density at radius 2 is 1.24 bits per heavy atom. The van der Waals surface area contributed by atoms with Crippen LogP contribution in [-0.2, 0) is 5.54 Å². The summed E-state index contributed by atoms with van der Waals surface area (Å²) >= 11 is 3.59. The molecule has 1 heterocycles. The number of hydrogen-bond acceptors (Lipinski definition) is 3. The normalized spacial score (nSPS) is 11.5. The van der Waals surface area contributed by atoms with Crippen LogP contribution in [0.3, 0.4) is 0 Å². The molecule has 4 aromatic carbocycles. The van der Waals surface area contributed by atoms with E-state index < -0.39 is 5.54 Å². The van der Waals surface area contributed by atoms with Gasteiger partial charge >= 0.3 is 0 Å². The SMILES string of the molecule is COc1ccc(C(c2ccccc2)(c2ccc(OC)cc2)n2ncc3cc(Br)ccc32)cc1. The van der Waals surface area contributed by atoms with E-state index in [0.29, 0.717) is 0 Å². The third-order valence-corrected chi connectivity index (χ3v) is 6.55. The monoisotopic (exact) mass is 498 g/mol. The third kappa shape index (κ3) is 3.58. The van der Waals surface area contributed by atoms with Crippen molar-refractivity contribution in [2.24, 2.45) is 0 Å². The zero-order valence-electron chi connectivity index (χ0n) is 18.4. The highest BCUT2D eigenvalue weighted by Gasteiger charge is 2.40. The van der Waals surface area contributed by atoms with Crippen LogP contribution in [0.15, 0.2) is 108 Å². The molecule has 0 aliphatic heterocycles. The van der Waals surface area contributed by atoms with Crippen LogP contribution in [-0.4, -0.2) is 24.0 Å². The van der Waals surface area contributed by atoms with Crippen LogP contribution in [0.4, 0.5) is 0 Å². The lowest BCUT2D eigenvalue weighted by molar-refractivity contribution is 0.412. The van der Waals surface area contributed by atoms with E-state index in [0.717, 1.165) is 43.6 Å². The lowest BCUT2D eigenvalue weighted by Gasteiger charge is -2.37. The van der Waals surface area contributed by atoms with Crippen LogP contribution in [0.25, 0.3) is 10.9 Å². The first-order valence-electron chi connectivity index (χ1n) is 10.6. The molecule has 5 aromatic rings. The van der Waals surface area contributed by atoms with Crippen molar-refractivity contribution in [1.82, 2.24) is 9.78 Å². The number of nitrogens with zero attached hydrogens (tertiary/aromatic N) is 2. The second kappa shape index (κ2) is 8.75. The minimum Gasteiger partial charge on any atom is -0.497 e. The quantitative estimate of drug-likeness (QED) is 0.245. The number of ether oxygens (including phenoxy) is 2. The summed E-state index contributed by atoms with van der Waals surface area (Å²) in [6.45, 7) is 0. The first-order chi connectivity index (χ1) is 16.2. The fourth-order valence-electron chi connectivity index (χ4n) is 4.48. The molecule has 33 heavy (non-hydrogen) atoms. The molecular weight excluding hydrogens is 476 g/mol. The van der Waals surface area contributed by atoms with Crippen molar-refractivity contribution in [3.8, 4) is 11.5 Å². The molecule has 4 nitrogen and oxygen atoms in total. The highest BCUT2D eigenvalue weighted by molar-refractivity contribution is 9.10. The van der Waals surface area contributed by atoms with Gasteiger partial charge in [-0.2, -0.15) is 5.10 Å². The van der Waals surface area contributed by atoms with Gasteiger partial charge in [0.15, 0.2) is 0 Å². The molecule has 0 atom stereocenters. The number of aromatic nitrogens is 2. The van der Waals surface area contributed by atoms with Crippen LogP contribution in [0.5, 0.6) is 11.5 Å². The molecule has 1 aromatic heterocycles. The zero-order valence-corrected chi connectivity index (χ0v) is 20.0. The Hall–Kier alpha value is -3.57. The first kappa shape index (κ1) is 21.3. The van der Waals surface area contributed by atoms with Gasteiger partial charge in [-0.15, -0.1) is 0 Å². The van der Waals surface area contributed by atoms with Crippen LogP contribution >= 0.6 is 15.9 Å². The highest BCUT2D eigenvalue weighted by atomic mass is 79.9. The Kier molecular flexibility index (Phi) is 5.65. The van der Waals surface area contributed by atoms with Gasteiger partial charge in [-0.05, 0) is 59.2 Å². The van der Waals surface area contributed by atoms with Crippen LogP contribution in [0.2, 0.25) is 0 Å². The minimum absolute atomic E-state index is 0.713. The summed E-state index contributed by atoms with van der Waals surface area (Å²) in [5.74, 6) is 1.62. The van der Waals surface area contributed by atoms with E-state index in [1.807, 2.05) is 36.5 Å². The average Bonchev–Trinajstić information content (AvgIpc) is 3.29. The van der Waals surface area contributed by atoms with Crippen LogP contribution in [0, 0.1) is 0 Å². The lowest BCUT2D eigenvalue weighted by atomic mass is 9.77. The molecule has 0 bridgehead atoms. The molecule has 0 fully saturated rings. The van der Waals surface area contributed by atoms with Gasteiger partial charge in [-0.1, -0.05) is 70.5 Å². The molecule has 0 radical (unpaired) electrons. The van der Waals surface area contributed by atoms with E-state index in [4.69, 9.17) is 14.6 Å². The highest BCUT2D eigenvalue weighted by Crippen LogP contribution is 2.43. The first-order valence-corrected chi connectivity index (χ1v) is 11.4. The number of benzene rings is 4. The van der Waals surface area contributed by atoms with E-state index in [1.165, 1.54) is 0 Å². The van der Waals surface area contributed by atoms with E-state index in [-0.39, 0.29) is 0 Å². The van der Waals surface area contributed by atoms with Crippen LogP contribution in [0.1, 0.15) is 16.7 Å². The summed E-state index contributed by atoms with van der Waals surface area (Å²) < 4.78 is 14.0. The number of rotatable bonds is 6. The smallest absolute Gasteiger partial charge is 0.138 e. The van der Waals surface area contributed by atoms with Gasteiger partial charge in [-0.25, -0.2) is 4.68 Å². The summed E-state index contributed by atoms with van der Waals surface area (Å²) in [6.07, 6.45) is 1.92. The predicted octanol–water partition coefficient (Wildman–Crippen LogP) is 6.66. The number of halogens is 1. The molecule has 0 saturated carbocycles. The molecule has 5 heteroatoms. The van der Waals surface area contributed by atoms with Crippen molar-refractivity contribution >= 4 is 26.8 Å². The van der Waals surface area contributed by atoms with E-state index in [2.05, 4.69) is 87.3 Å². The Balaban J connectivity index is 1.90. The van der Waals surface area contributed by atoms with Crippen LogP contribution < -0.4 is 9.47 Å². The third-order valence-electron chi connectivity index (χ3n) is 6.05. The molecule has 0 aliphatic rings. The molecule has 0 unspecified atom stereocenters. The molecule has 0 saturated heterocycles. The molecule has 164 valence electrons. The second-order valence-corrected chi connectivity index (χ2v) is 8.71. The number of methoxy groups -OCH3 is 2. The summed E-state index contributed by atoms with van der Waals surface area (Å²) in [6, 6.07) is 33.2. The largest absolute Gasteiger partial charge is 0.497 e. The summed E-state index contributed by atoms with van der Waals surface area (Å²) in [5.41, 5.74) is 3.58. The number of hydrogen-bond donors (Lipinski definition) is 0.